The lowest BCUT2D eigenvalue weighted by Crippen LogP contribution is -2.24. The summed E-state index contributed by atoms with van der Waals surface area (Å²) in [5, 5.41) is 7.28. The van der Waals surface area contributed by atoms with Crippen LogP contribution >= 0.6 is 12.2 Å². The van der Waals surface area contributed by atoms with Gasteiger partial charge in [-0.25, -0.2) is 0 Å². The lowest BCUT2D eigenvalue weighted by Gasteiger charge is -2.22. The standard InChI is InChI=1S/C15H21N3S/c1-10-6-7-12(8-11(10)2)9-13-16-17-14(19)18(13)15(3,4)5/h6-8H,9H2,1-5H3,(H,17,19). The van der Waals surface area contributed by atoms with E-state index in [2.05, 4.69) is 67.6 Å². The van der Waals surface area contributed by atoms with Gasteiger partial charge in [0.25, 0.3) is 0 Å². The third-order valence-corrected chi connectivity index (χ3v) is 3.62. The second-order valence-electron chi connectivity index (χ2n) is 6.05. The summed E-state index contributed by atoms with van der Waals surface area (Å²) < 4.78 is 2.78. The first-order chi connectivity index (χ1) is 8.79. The summed E-state index contributed by atoms with van der Waals surface area (Å²) in [5.74, 6) is 0.987. The Labute approximate surface area is 119 Å². The summed E-state index contributed by atoms with van der Waals surface area (Å²) in [6.07, 6.45) is 0.797. The molecule has 0 radical (unpaired) electrons. The van der Waals surface area contributed by atoms with E-state index in [1.54, 1.807) is 0 Å². The molecule has 0 fully saturated rings. The van der Waals surface area contributed by atoms with Crippen LogP contribution in [0.3, 0.4) is 0 Å². The summed E-state index contributed by atoms with van der Waals surface area (Å²) in [6.45, 7) is 10.7. The van der Waals surface area contributed by atoms with Crippen molar-refractivity contribution < 1.29 is 0 Å². The quantitative estimate of drug-likeness (QED) is 0.843. The molecule has 1 aromatic carbocycles. The molecule has 1 heterocycles. The van der Waals surface area contributed by atoms with Crippen LogP contribution in [0.5, 0.6) is 0 Å². The largest absolute Gasteiger partial charge is 0.298 e. The zero-order chi connectivity index (χ0) is 14.2. The van der Waals surface area contributed by atoms with Gasteiger partial charge in [-0.15, -0.1) is 0 Å². The number of rotatable bonds is 2. The molecule has 0 atom stereocenters. The summed E-state index contributed by atoms with van der Waals surface area (Å²) in [7, 11) is 0. The number of nitrogens with zero attached hydrogens (tertiary/aromatic N) is 2. The van der Waals surface area contributed by atoms with Crippen molar-refractivity contribution in [2.24, 2.45) is 0 Å². The van der Waals surface area contributed by atoms with Crippen LogP contribution in [0.4, 0.5) is 0 Å². The number of hydrogen-bond donors (Lipinski definition) is 1. The second kappa shape index (κ2) is 4.93. The van der Waals surface area contributed by atoms with Crippen molar-refractivity contribution in [3.05, 3.63) is 45.5 Å². The highest BCUT2D eigenvalue weighted by molar-refractivity contribution is 7.71. The Balaban J connectivity index is 2.39. The van der Waals surface area contributed by atoms with Crippen LogP contribution in [0.15, 0.2) is 18.2 Å². The molecule has 4 heteroatoms. The van der Waals surface area contributed by atoms with Gasteiger partial charge in [0.15, 0.2) is 4.77 Å². The lowest BCUT2D eigenvalue weighted by molar-refractivity contribution is 0.380. The highest BCUT2D eigenvalue weighted by Gasteiger charge is 2.19. The van der Waals surface area contributed by atoms with Gasteiger partial charge in [0.05, 0.1) is 0 Å². The highest BCUT2D eigenvalue weighted by atomic mass is 32.1. The van der Waals surface area contributed by atoms with Crippen LogP contribution in [0.1, 0.15) is 43.3 Å². The maximum Gasteiger partial charge on any atom is 0.195 e. The van der Waals surface area contributed by atoms with E-state index in [4.69, 9.17) is 12.2 Å². The van der Waals surface area contributed by atoms with Gasteiger partial charge in [0.2, 0.25) is 0 Å². The third-order valence-electron chi connectivity index (χ3n) is 3.35. The Morgan fingerprint density at radius 2 is 1.89 bits per heavy atom. The Hall–Kier alpha value is -1.42. The van der Waals surface area contributed by atoms with Gasteiger partial charge in [0.1, 0.15) is 5.82 Å². The van der Waals surface area contributed by atoms with Gasteiger partial charge in [-0.2, -0.15) is 5.10 Å². The molecule has 0 aliphatic heterocycles. The van der Waals surface area contributed by atoms with E-state index in [1.165, 1.54) is 16.7 Å². The first kappa shape index (κ1) is 14.0. The monoisotopic (exact) mass is 275 g/mol. The predicted molar refractivity (Wildman–Crippen MR) is 81.1 cm³/mol. The van der Waals surface area contributed by atoms with E-state index < -0.39 is 0 Å². The van der Waals surface area contributed by atoms with Crippen LogP contribution in [-0.4, -0.2) is 14.8 Å². The summed E-state index contributed by atoms with van der Waals surface area (Å²) in [6, 6.07) is 6.54. The van der Waals surface area contributed by atoms with Crippen LogP contribution in [0.25, 0.3) is 0 Å². The number of hydrogen-bond acceptors (Lipinski definition) is 2. The van der Waals surface area contributed by atoms with Gasteiger partial charge in [0, 0.05) is 12.0 Å². The maximum absolute atomic E-state index is 5.33. The van der Waals surface area contributed by atoms with Crippen molar-refractivity contribution in [3.8, 4) is 0 Å². The van der Waals surface area contributed by atoms with Gasteiger partial charge >= 0.3 is 0 Å². The van der Waals surface area contributed by atoms with E-state index in [-0.39, 0.29) is 5.54 Å². The fourth-order valence-corrected chi connectivity index (χ4v) is 2.66. The van der Waals surface area contributed by atoms with Gasteiger partial charge in [-0.1, -0.05) is 18.2 Å². The molecule has 2 rings (SSSR count). The van der Waals surface area contributed by atoms with Crippen molar-refractivity contribution in [2.75, 3.05) is 0 Å². The Morgan fingerprint density at radius 3 is 2.47 bits per heavy atom. The van der Waals surface area contributed by atoms with E-state index >= 15 is 0 Å². The second-order valence-corrected chi connectivity index (χ2v) is 6.43. The Bertz CT molecular complexity index is 644. The van der Waals surface area contributed by atoms with Crippen LogP contribution in [0, 0.1) is 18.6 Å². The molecule has 1 N–H and O–H groups in total. The van der Waals surface area contributed by atoms with E-state index in [9.17, 15) is 0 Å². The molecule has 2 aromatic rings. The van der Waals surface area contributed by atoms with Crippen LogP contribution in [0.2, 0.25) is 0 Å². The molecule has 0 amide bonds. The SMILES string of the molecule is Cc1ccc(Cc2n[nH]c(=S)n2C(C)(C)C)cc1C. The first-order valence-corrected chi connectivity index (χ1v) is 6.93. The molecule has 102 valence electrons. The Morgan fingerprint density at radius 1 is 1.21 bits per heavy atom. The smallest absolute Gasteiger partial charge is 0.195 e. The third kappa shape index (κ3) is 2.95. The van der Waals surface area contributed by atoms with Gasteiger partial charge in [-0.05, 0) is 63.5 Å². The molecule has 0 spiro atoms. The van der Waals surface area contributed by atoms with Crippen molar-refractivity contribution in [1.82, 2.24) is 14.8 Å². The van der Waals surface area contributed by atoms with E-state index in [0.29, 0.717) is 4.77 Å². The average Bonchev–Trinajstić information content (AvgIpc) is 2.64. The lowest BCUT2D eigenvalue weighted by atomic mass is 10.0. The normalized spacial score (nSPS) is 11.8. The molecule has 0 aliphatic carbocycles. The van der Waals surface area contributed by atoms with Crippen LogP contribution < -0.4 is 0 Å². The molecular formula is C15H21N3S. The maximum atomic E-state index is 5.33. The minimum absolute atomic E-state index is 0.0564. The number of H-pyrrole nitrogens is 1. The zero-order valence-electron chi connectivity index (χ0n) is 12.2. The minimum atomic E-state index is -0.0564. The summed E-state index contributed by atoms with van der Waals surface area (Å²) in [4.78, 5) is 0. The number of benzene rings is 1. The molecule has 0 saturated heterocycles. The molecule has 0 saturated carbocycles. The molecule has 0 aliphatic rings. The van der Waals surface area contributed by atoms with Crippen molar-refractivity contribution >= 4 is 12.2 Å². The number of aryl methyl sites for hydroxylation is 2. The molecule has 0 bridgehead atoms. The minimum Gasteiger partial charge on any atom is -0.298 e. The van der Waals surface area contributed by atoms with Crippen LogP contribution in [-0.2, 0) is 12.0 Å². The number of nitrogens with one attached hydrogen (secondary N) is 1. The summed E-state index contributed by atoms with van der Waals surface area (Å²) in [5.41, 5.74) is 3.84. The fraction of sp³-hybridized carbons (Fsp3) is 0.467. The molecule has 3 nitrogen and oxygen atoms in total. The molecule has 0 unspecified atom stereocenters. The molecule has 19 heavy (non-hydrogen) atoms. The topological polar surface area (TPSA) is 33.6 Å². The van der Waals surface area contributed by atoms with Crippen molar-refractivity contribution in [1.29, 1.82) is 0 Å². The first-order valence-electron chi connectivity index (χ1n) is 6.52. The predicted octanol–water partition coefficient (Wildman–Crippen LogP) is 3.90. The average molecular weight is 275 g/mol. The molecular weight excluding hydrogens is 254 g/mol. The number of aromatic amines is 1. The number of aromatic nitrogens is 3. The Kier molecular flexibility index (Phi) is 3.63. The molecule has 1 aromatic heterocycles. The van der Waals surface area contributed by atoms with Crippen molar-refractivity contribution in [3.63, 3.8) is 0 Å². The van der Waals surface area contributed by atoms with Crippen molar-refractivity contribution in [2.45, 2.75) is 46.6 Å². The summed E-state index contributed by atoms with van der Waals surface area (Å²) >= 11 is 5.33. The van der Waals surface area contributed by atoms with Gasteiger partial charge in [-0.3, -0.25) is 9.67 Å². The van der Waals surface area contributed by atoms with Gasteiger partial charge < -0.3 is 0 Å². The van der Waals surface area contributed by atoms with E-state index in [1.807, 2.05) is 0 Å². The fourth-order valence-electron chi connectivity index (χ4n) is 2.24. The highest BCUT2D eigenvalue weighted by Crippen LogP contribution is 2.19. The zero-order valence-corrected chi connectivity index (χ0v) is 13.1. The van der Waals surface area contributed by atoms with E-state index in [0.717, 1.165) is 12.2 Å².